The molecular weight excluding hydrogens is 164 g/mol. The van der Waals surface area contributed by atoms with Crippen molar-refractivity contribution in [2.24, 2.45) is 11.5 Å². The molecule has 0 saturated heterocycles. The molecular formula is C6H4N2O4. The van der Waals surface area contributed by atoms with Gasteiger partial charge in [-0.05, 0) is 0 Å². The first-order chi connectivity index (χ1) is 5.61. The molecule has 0 amide bonds. The number of carbonyl (C=O) groups is 2. The van der Waals surface area contributed by atoms with E-state index in [-0.39, 0.29) is 22.9 Å². The molecule has 2 rings (SSSR count). The highest BCUT2D eigenvalue weighted by molar-refractivity contribution is 6.01. The number of esters is 2. The van der Waals surface area contributed by atoms with Crippen molar-refractivity contribution in [2.75, 3.05) is 0 Å². The third kappa shape index (κ3) is 0.584. The zero-order chi connectivity index (χ0) is 8.88. The van der Waals surface area contributed by atoms with Crippen LogP contribution < -0.4 is 11.5 Å². The summed E-state index contributed by atoms with van der Waals surface area (Å²) in [4.78, 5) is 21.5. The van der Waals surface area contributed by atoms with Crippen LogP contribution >= 0.6 is 0 Å². The zero-order valence-corrected chi connectivity index (χ0v) is 5.79. The van der Waals surface area contributed by atoms with Gasteiger partial charge in [-0.15, -0.1) is 0 Å². The van der Waals surface area contributed by atoms with Gasteiger partial charge in [0.15, 0.2) is 11.4 Å². The van der Waals surface area contributed by atoms with Gasteiger partial charge in [-0.25, -0.2) is 9.59 Å². The molecule has 0 spiro atoms. The Kier molecular flexibility index (Phi) is 0.999. The summed E-state index contributed by atoms with van der Waals surface area (Å²) in [7, 11) is 0. The molecule has 0 radical (unpaired) electrons. The number of fused-ring (bicyclic) bond motifs is 1. The average Bonchev–Trinajstić information content (AvgIpc) is 2.43. The van der Waals surface area contributed by atoms with Crippen LogP contribution in [0.1, 0.15) is 0 Å². The molecule has 62 valence electrons. The molecule has 0 bridgehead atoms. The Morgan fingerprint density at radius 2 is 1.17 bits per heavy atom. The minimum absolute atomic E-state index is 0.0671. The van der Waals surface area contributed by atoms with Crippen molar-refractivity contribution in [1.82, 2.24) is 0 Å². The van der Waals surface area contributed by atoms with E-state index in [9.17, 15) is 9.59 Å². The Balaban J connectivity index is 2.59. The Labute approximate surface area is 66.4 Å². The fourth-order valence-corrected chi connectivity index (χ4v) is 0.928. The molecule has 0 atom stereocenters. The number of rotatable bonds is 0. The maximum Gasteiger partial charge on any atom is 0.363 e. The lowest BCUT2D eigenvalue weighted by molar-refractivity contribution is -0.133. The topological polar surface area (TPSA) is 105 Å². The van der Waals surface area contributed by atoms with E-state index >= 15 is 0 Å². The van der Waals surface area contributed by atoms with Gasteiger partial charge < -0.3 is 20.9 Å². The van der Waals surface area contributed by atoms with E-state index in [1.807, 2.05) is 0 Å². The lowest BCUT2D eigenvalue weighted by atomic mass is 10.3. The number of ether oxygens (including phenoxy) is 2. The second-order valence-corrected chi connectivity index (χ2v) is 2.26. The molecule has 0 aliphatic carbocycles. The Morgan fingerprint density at radius 3 is 1.50 bits per heavy atom. The van der Waals surface area contributed by atoms with Gasteiger partial charge in [-0.2, -0.15) is 0 Å². The van der Waals surface area contributed by atoms with E-state index in [1.54, 1.807) is 0 Å². The zero-order valence-electron chi connectivity index (χ0n) is 5.79. The summed E-state index contributed by atoms with van der Waals surface area (Å²) in [5, 5.41) is 0. The monoisotopic (exact) mass is 168 g/mol. The summed E-state index contributed by atoms with van der Waals surface area (Å²) in [5.41, 5.74) is 10.0. The van der Waals surface area contributed by atoms with Gasteiger partial charge in [0.1, 0.15) is 0 Å². The van der Waals surface area contributed by atoms with E-state index in [2.05, 4.69) is 9.47 Å². The SMILES string of the molecule is NC1=C2OC(=O)C(N)=C2OC1=O. The first kappa shape index (κ1) is 6.71. The van der Waals surface area contributed by atoms with E-state index in [1.165, 1.54) is 0 Å². The van der Waals surface area contributed by atoms with Crippen molar-refractivity contribution in [3.05, 3.63) is 22.9 Å². The van der Waals surface area contributed by atoms with Gasteiger partial charge in [-0.3, -0.25) is 0 Å². The molecule has 0 aromatic carbocycles. The van der Waals surface area contributed by atoms with Crippen molar-refractivity contribution in [3.8, 4) is 0 Å². The third-order valence-corrected chi connectivity index (χ3v) is 1.52. The predicted octanol–water partition coefficient (Wildman–Crippen LogP) is -1.56. The Bertz CT molecular complexity index is 330. The lowest BCUT2D eigenvalue weighted by Gasteiger charge is -1.92. The highest BCUT2D eigenvalue weighted by atomic mass is 16.6. The molecule has 0 fully saturated rings. The van der Waals surface area contributed by atoms with Gasteiger partial charge in [0, 0.05) is 0 Å². The van der Waals surface area contributed by atoms with Crippen molar-refractivity contribution < 1.29 is 19.1 Å². The number of carbonyl (C=O) groups excluding carboxylic acids is 2. The minimum atomic E-state index is -0.740. The summed E-state index contributed by atoms with van der Waals surface area (Å²) in [5.74, 6) is -1.61. The molecule has 0 saturated carbocycles. The number of nitrogens with two attached hydrogens (primary N) is 2. The first-order valence-electron chi connectivity index (χ1n) is 3.05. The molecule has 0 aromatic heterocycles. The highest BCUT2D eigenvalue weighted by Crippen LogP contribution is 2.31. The number of hydrogen-bond acceptors (Lipinski definition) is 6. The molecule has 6 heteroatoms. The van der Waals surface area contributed by atoms with Crippen LogP contribution in [0.4, 0.5) is 0 Å². The molecule has 4 N–H and O–H groups in total. The van der Waals surface area contributed by atoms with Crippen LogP contribution in [0.15, 0.2) is 22.9 Å². The lowest BCUT2D eigenvalue weighted by Crippen LogP contribution is -2.13. The normalized spacial score (nSPS) is 21.3. The van der Waals surface area contributed by atoms with E-state index in [4.69, 9.17) is 11.5 Å². The summed E-state index contributed by atoms with van der Waals surface area (Å²) in [6.07, 6.45) is 0. The second-order valence-electron chi connectivity index (χ2n) is 2.26. The van der Waals surface area contributed by atoms with Gasteiger partial charge in [0.05, 0.1) is 0 Å². The van der Waals surface area contributed by atoms with Crippen LogP contribution in [0.25, 0.3) is 0 Å². The third-order valence-electron chi connectivity index (χ3n) is 1.52. The average molecular weight is 168 g/mol. The first-order valence-corrected chi connectivity index (χ1v) is 3.05. The van der Waals surface area contributed by atoms with Crippen LogP contribution in [0.5, 0.6) is 0 Å². The van der Waals surface area contributed by atoms with Crippen LogP contribution in [-0.2, 0) is 19.1 Å². The summed E-state index contributed by atoms with van der Waals surface area (Å²) in [6.45, 7) is 0. The van der Waals surface area contributed by atoms with Gasteiger partial charge in [0.25, 0.3) is 0 Å². The molecule has 0 aromatic rings. The summed E-state index contributed by atoms with van der Waals surface area (Å²) < 4.78 is 9.10. The van der Waals surface area contributed by atoms with Crippen LogP contribution in [0.3, 0.4) is 0 Å². The van der Waals surface area contributed by atoms with Gasteiger partial charge in [0.2, 0.25) is 11.5 Å². The van der Waals surface area contributed by atoms with Crippen LogP contribution in [0, 0.1) is 0 Å². The predicted molar refractivity (Wildman–Crippen MR) is 34.6 cm³/mol. The fraction of sp³-hybridized carbons (Fsp3) is 0. The van der Waals surface area contributed by atoms with E-state index < -0.39 is 11.9 Å². The van der Waals surface area contributed by atoms with Crippen LogP contribution in [-0.4, -0.2) is 11.9 Å². The Morgan fingerprint density at radius 1 is 0.833 bits per heavy atom. The fourth-order valence-electron chi connectivity index (χ4n) is 0.928. The van der Waals surface area contributed by atoms with Crippen molar-refractivity contribution in [1.29, 1.82) is 0 Å². The smallest absolute Gasteiger partial charge is 0.363 e. The summed E-state index contributed by atoms with van der Waals surface area (Å²) in [6, 6.07) is 0. The second kappa shape index (κ2) is 1.79. The van der Waals surface area contributed by atoms with E-state index in [0.717, 1.165) is 0 Å². The quantitative estimate of drug-likeness (QED) is 0.424. The molecule has 0 unspecified atom stereocenters. The minimum Gasteiger partial charge on any atom is -0.415 e. The van der Waals surface area contributed by atoms with Gasteiger partial charge >= 0.3 is 11.9 Å². The maximum absolute atomic E-state index is 10.8. The van der Waals surface area contributed by atoms with Crippen molar-refractivity contribution in [2.45, 2.75) is 0 Å². The molecule has 2 aliphatic rings. The molecule has 2 heterocycles. The highest BCUT2D eigenvalue weighted by Gasteiger charge is 2.40. The molecule has 2 aliphatic heterocycles. The molecule has 6 nitrogen and oxygen atoms in total. The standard InChI is InChI=1S/C6H4N2O4/c7-1-3-4(12-5(1)9)2(8)6(10)11-3/h7-8H2. The maximum atomic E-state index is 10.8. The van der Waals surface area contributed by atoms with E-state index in [0.29, 0.717) is 0 Å². The Hall–Kier alpha value is -1.98. The van der Waals surface area contributed by atoms with Crippen molar-refractivity contribution in [3.63, 3.8) is 0 Å². The van der Waals surface area contributed by atoms with Crippen LogP contribution in [0.2, 0.25) is 0 Å². The van der Waals surface area contributed by atoms with Gasteiger partial charge in [-0.1, -0.05) is 0 Å². The summed E-state index contributed by atoms with van der Waals surface area (Å²) >= 11 is 0. The molecule has 12 heavy (non-hydrogen) atoms. The number of hydrogen-bond donors (Lipinski definition) is 2. The largest absolute Gasteiger partial charge is 0.415 e. The van der Waals surface area contributed by atoms with Crippen molar-refractivity contribution >= 4 is 11.9 Å².